The van der Waals surface area contributed by atoms with Gasteiger partial charge in [-0.15, -0.1) is 0 Å². The number of Topliss-reactive ketones (excluding diaryl/α,β-unsaturated/α-hetero) is 1. The molecule has 1 spiro atoms. The molecule has 26 heavy (non-hydrogen) atoms. The molecular formula is C23H36O3. The van der Waals surface area contributed by atoms with Gasteiger partial charge in [-0.25, -0.2) is 0 Å². The second-order valence-corrected chi connectivity index (χ2v) is 10.8. The minimum absolute atomic E-state index is 0.243. The number of carbonyl (C=O) groups excluding carboxylic acids is 1. The standard InChI is InChI=1S/C23H36O3/c1-15(24)18-6-7-19-17-5-4-16-14-23(25-12-13-26-23)11-10-21(16,2)20(17)8-9-22(18,19)3/h16-20H,4-14H2,1-3H3/t16-,17+,18-,19+,20+,21+,22-/m1/s1. The summed E-state index contributed by atoms with van der Waals surface area (Å²) in [4.78, 5) is 12.3. The zero-order chi connectivity index (χ0) is 18.2. The van der Waals surface area contributed by atoms with Gasteiger partial charge in [-0.2, -0.15) is 0 Å². The summed E-state index contributed by atoms with van der Waals surface area (Å²) in [5.41, 5.74) is 0.739. The highest BCUT2D eigenvalue weighted by Gasteiger charge is 2.62. The first-order valence-electron chi connectivity index (χ1n) is 11.2. The molecule has 4 aliphatic carbocycles. The monoisotopic (exact) mass is 360 g/mol. The molecule has 0 aromatic carbocycles. The first kappa shape index (κ1) is 17.7. The third-order valence-electron chi connectivity index (χ3n) is 9.97. The van der Waals surface area contributed by atoms with Gasteiger partial charge < -0.3 is 9.47 Å². The molecule has 1 heterocycles. The van der Waals surface area contributed by atoms with Crippen molar-refractivity contribution in [1.82, 2.24) is 0 Å². The smallest absolute Gasteiger partial charge is 0.168 e. The minimum Gasteiger partial charge on any atom is -0.348 e. The van der Waals surface area contributed by atoms with Crippen LogP contribution in [0.5, 0.6) is 0 Å². The fourth-order valence-corrected chi connectivity index (χ4v) is 8.62. The molecule has 5 aliphatic rings. The molecule has 5 fully saturated rings. The van der Waals surface area contributed by atoms with Crippen molar-refractivity contribution >= 4 is 5.78 Å². The molecule has 3 nitrogen and oxygen atoms in total. The van der Waals surface area contributed by atoms with Crippen molar-refractivity contribution in [2.45, 2.75) is 84.3 Å². The van der Waals surface area contributed by atoms with Gasteiger partial charge in [0.05, 0.1) is 13.2 Å². The number of rotatable bonds is 1. The van der Waals surface area contributed by atoms with Crippen LogP contribution in [-0.2, 0) is 14.3 Å². The third-order valence-corrected chi connectivity index (χ3v) is 9.97. The van der Waals surface area contributed by atoms with Gasteiger partial charge in [0.25, 0.3) is 0 Å². The average Bonchev–Trinajstić information content (AvgIpc) is 3.20. The SMILES string of the molecule is CC(=O)[C@H]1CC[C@H]2[C@@H]3CC[C@@H]4CC5(CC[C@]4(C)[C@H]3CC[C@]12C)OCCO5. The Labute approximate surface area is 158 Å². The minimum atomic E-state index is -0.243. The van der Waals surface area contributed by atoms with Gasteiger partial charge in [-0.05, 0) is 86.4 Å². The molecule has 5 rings (SSSR count). The van der Waals surface area contributed by atoms with E-state index in [9.17, 15) is 4.79 Å². The molecule has 7 atom stereocenters. The molecule has 1 aliphatic heterocycles. The Kier molecular flexibility index (Phi) is 3.94. The predicted octanol–water partition coefficient (Wildman–Crippen LogP) is 4.98. The second kappa shape index (κ2) is 5.80. The molecule has 3 heteroatoms. The van der Waals surface area contributed by atoms with E-state index in [1.54, 1.807) is 0 Å². The van der Waals surface area contributed by atoms with Crippen LogP contribution in [0.1, 0.15) is 78.6 Å². The Balaban J connectivity index is 1.40. The lowest BCUT2D eigenvalue weighted by Crippen LogP contribution is -2.56. The zero-order valence-corrected chi connectivity index (χ0v) is 16.9. The third kappa shape index (κ3) is 2.28. The van der Waals surface area contributed by atoms with Gasteiger partial charge in [0.1, 0.15) is 5.78 Å². The molecule has 4 saturated carbocycles. The van der Waals surface area contributed by atoms with Crippen LogP contribution in [0, 0.1) is 40.4 Å². The van der Waals surface area contributed by atoms with Gasteiger partial charge >= 0.3 is 0 Å². The van der Waals surface area contributed by atoms with E-state index in [0.717, 1.165) is 56.1 Å². The van der Waals surface area contributed by atoms with Crippen molar-refractivity contribution in [3.05, 3.63) is 0 Å². The summed E-state index contributed by atoms with van der Waals surface area (Å²) in [6.07, 6.45) is 11.2. The lowest BCUT2D eigenvalue weighted by molar-refractivity contribution is -0.229. The fourth-order valence-electron chi connectivity index (χ4n) is 8.62. The van der Waals surface area contributed by atoms with Crippen LogP contribution in [0.2, 0.25) is 0 Å². The molecule has 0 amide bonds. The molecule has 146 valence electrons. The van der Waals surface area contributed by atoms with Gasteiger partial charge in [0, 0.05) is 18.8 Å². The lowest BCUT2D eigenvalue weighted by Gasteiger charge is -2.61. The van der Waals surface area contributed by atoms with Crippen molar-refractivity contribution in [2.24, 2.45) is 40.4 Å². The Hall–Kier alpha value is -0.410. The fraction of sp³-hybridized carbons (Fsp3) is 0.957. The topological polar surface area (TPSA) is 35.5 Å². The highest BCUT2D eigenvalue weighted by Crippen LogP contribution is 2.68. The number of ether oxygens (including phenoxy) is 2. The van der Waals surface area contributed by atoms with Gasteiger partial charge in [-0.1, -0.05) is 13.8 Å². The predicted molar refractivity (Wildman–Crippen MR) is 101 cm³/mol. The largest absolute Gasteiger partial charge is 0.348 e. The van der Waals surface area contributed by atoms with E-state index >= 15 is 0 Å². The summed E-state index contributed by atoms with van der Waals surface area (Å²) >= 11 is 0. The summed E-state index contributed by atoms with van der Waals surface area (Å²) in [6.45, 7) is 8.45. The number of hydrogen-bond acceptors (Lipinski definition) is 3. The Bertz CT molecular complexity index is 594. The Morgan fingerprint density at radius 3 is 2.31 bits per heavy atom. The van der Waals surface area contributed by atoms with Crippen molar-refractivity contribution < 1.29 is 14.3 Å². The first-order valence-corrected chi connectivity index (χ1v) is 11.2. The first-order chi connectivity index (χ1) is 12.4. The second-order valence-electron chi connectivity index (χ2n) is 10.8. The van der Waals surface area contributed by atoms with Gasteiger partial charge in [0.2, 0.25) is 0 Å². The van der Waals surface area contributed by atoms with E-state index in [1.165, 1.54) is 38.5 Å². The van der Waals surface area contributed by atoms with E-state index in [-0.39, 0.29) is 11.2 Å². The normalized spacial score (nSPS) is 52.3. The molecule has 0 aromatic heterocycles. The van der Waals surface area contributed by atoms with E-state index in [0.29, 0.717) is 17.1 Å². The highest BCUT2D eigenvalue weighted by atomic mass is 16.7. The quantitative estimate of drug-likeness (QED) is 0.662. The number of hydrogen-bond donors (Lipinski definition) is 0. The van der Waals surface area contributed by atoms with Crippen LogP contribution < -0.4 is 0 Å². The molecule has 0 bridgehead atoms. The van der Waals surface area contributed by atoms with Crippen molar-refractivity contribution in [3.63, 3.8) is 0 Å². The maximum atomic E-state index is 12.3. The van der Waals surface area contributed by atoms with Crippen molar-refractivity contribution in [2.75, 3.05) is 13.2 Å². The van der Waals surface area contributed by atoms with E-state index in [1.807, 2.05) is 6.92 Å². The Morgan fingerprint density at radius 2 is 1.58 bits per heavy atom. The molecule has 0 unspecified atom stereocenters. The van der Waals surface area contributed by atoms with Gasteiger partial charge in [0.15, 0.2) is 5.79 Å². The highest BCUT2D eigenvalue weighted by molar-refractivity contribution is 5.79. The maximum absolute atomic E-state index is 12.3. The van der Waals surface area contributed by atoms with Crippen LogP contribution in [0.4, 0.5) is 0 Å². The summed E-state index contributed by atoms with van der Waals surface area (Å²) in [7, 11) is 0. The molecular weight excluding hydrogens is 324 g/mol. The molecule has 1 saturated heterocycles. The summed E-state index contributed by atoms with van der Waals surface area (Å²) in [5.74, 6) is 3.76. The van der Waals surface area contributed by atoms with Crippen LogP contribution in [0.25, 0.3) is 0 Å². The summed E-state index contributed by atoms with van der Waals surface area (Å²) in [6, 6.07) is 0. The number of carbonyl (C=O) groups is 1. The van der Waals surface area contributed by atoms with Crippen molar-refractivity contribution in [1.29, 1.82) is 0 Å². The maximum Gasteiger partial charge on any atom is 0.168 e. The number of ketones is 1. The molecule has 0 aromatic rings. The van der Waals surface area contributed by atoms with Crippen LogP contribution in [0.15, 0.2) is 0 Å². The van der Waals surface area contributed by atoms with Crippen molar-refractivity contribution in [3.8, 4) is 0 Å². The zero-order valence-electron chi connectivity index (χ0n) is 16.9. The van der Waals surface area contributed by atoms with Crippen LogP contribution in [0.3, 0.4) is 0 Å². The van der Waals surface area contributed by atoms with E-state index in [4.69, 9.17) is 9.47 Å². The Morgan fingerprint density at radius 1 is 0.846 bits per heavy atom. The van der Waals surface area contributed by atoms with E-state index < -0.39 is 0 Å². The summed E-state index contributed by atoms with van der Waals surface area (Å²) < 4.78 is 12.2. The molecule has 0 N–H and O–H groups in total. The average molecular weight is 361 g/mol. The number of fused-ring (bicyclic) bond motifs is 5. The van der Waals surface area contributed by atoms with E-state index in [2.05, 4.69) is 13.8 Å². The van der Waals surface area contributed by atoms with Gasteiger partial charge in [-0.3, -0.25) is 4.79 Å². The molecule has 0 radical (unpaired) electrons. The lowest BCUT2D eigenvalue weighted by atomic mass is 9.44. The van der Waals surface area contributed by atoms with Crippen LogP contribution in [-0.4, -0.2) is 24.8 Å². The summed E-state index contributed by atoms with van der Waals surface area (Å²) in [5, 5.41) is 0. The van der Waals surface area contributed by atoms with Crippen LogP contribution >= 0.6 is 0 Å².